The van der Waals surface area contributed by atoms with Gasteiger partial charge in [0.1, 0.15) is 12.1 Å². The zero-order chi connectivity index (χ0) is 15.7. The fraction of sp³-hybridized carbons (Fsp3) is 0.857. The largest absolute Gasteiger partial charge is 0.341 e. The Bertz CT molecular complexity index is 395. The lowest BCUT2D eigenvalue weighted by Gasteiger charge is -2.40. The maximum Gasteiger partial charge on any atom is 0.244 e. The Morgan fingerprint density at radius 1 is 0.727 bits per heavy atom. The van der Waals surface area contributed by atoms with Gasteiger partial charge in [0.15, 0.2) is 0 Å². The average Bonchev–Trinajstić information content (AvgIpc) is 2.51. The lowest BCUT2D eigenvalue weighted by molar-refractivity contribution is -0.138. The van der Waals surface area contributed by atoms with Crippen LogP contribution in [-0.4, -0.2) is 59.8 Å². The number of hydrogen-bond donors (Lipinski definition) is 4. The van der Waals surface area contributed by atoms with Crippen molar-refractivity contribution in [1.82, 2.24) is 21.3 Å². The van der Waals surface area contributed by atoms with Crippen molar-refractivity contribution < 1.29 is 9.59 Å². The van der Waals surface area contributed by atoms with E-state index in [9.17, 15) is 9.59 Å². The van der Waals surface area contributed by atoms with Gasteiger partial charge in [0.2, 0.25) is 11.8 Å². The van der Waals surface area contributed by atoms with Crippen LogP contribution in [0.2, 0.25) is 0 Å². The van der Waals surface area contributed by atoms with Crippen molar-refractivity contribution in [2.45, 2.75) is 60.6 Å². The molecular formula is C14H22Cl2N4O2. The molecule has 0 saturated carbocycles. The third-order valence-electron chi connectivity index (χ3n) is 4.75. The SMILES string of the molecule is O=C1N[C@@H](C2CCC(Cl)CN2)C(=O)N[C@H]1C1CCC(Cl)CN1. The van der Waals surface area contributed by atoms with Crippen LogP contribution in [0.1, 0.15) is 25.7 Å². The van der Waals surface area contributed by atoms with Crippen LogP contribution in [0.15, 0.2) is 0 Å². The van der Waals surface area contributed by atoms with Gasteiger partial charge in [-0.2, -0.15) is 0 Å². The molecule has 4 unspecified atom stereocenters. The summed E-state index contributed by atoms with van der Waals surface area (Å²) in [7, 11) is 0. The predicted octanol–water partition coefficient (Wildman–Crippen LogP) is -0.312. The van der Waals surface area contributed by atoms with E-state index < -0.39 is 12.1 Å². The van der Waals surface area contributed by atoms with Crippen molar-refractivity contribution >= 4 is 35.0 Å². The highest BCUT2D eigenvalue weighted by Gasteiger charge is 2.42. The molecular weight excluding hydrogens is 327 g/mol. The molecule has 0 aromatic heterocycles. The van der Waals surface area contributed by atoms with Gasteiger partial charge in [0.05, 0.1) is 0 Å². The topological polar surface area (TPSA) is 82.3 Å². The maximum atomic E-state index is 12.4. The molecule has 2 amide bonds. The van der Waals surface area contributed by atoms with Gasteiger partial charge >= 0.3 is 0 Å². The minimum Gasteiger partial charge on any atom is -0.341 e. The minimum atomic E-state index is -0.516. The Kier molecular flexibility index (Phi) is 5.12. The molecule has 8 heteroatoms. The summed E-state index contributed by atoms with van der Waals surface area (Å²) in [6.45, 7) is 1.33. The molecule has 3 fully saturated rings. The van der Waals surface area contributed by atoms with Crippen molar-refractivity contribution in [2.75, 3.05) is 13.1 Å². The maximum absolute atomic E-state index is 12.4. The highest BCUT2D eigenvalue weighted by atomic mass is 35.5. The van der Waals surface area contributed by atoms with Gasteiger partial charge < -0.3 is 21.3 Å². The third kappa shape index (κ3) is 3.50. The fourth-order valence-electron chi connectivity index (χ4n) is 3.44. The molecule has 0 aromatic rings. The van der Waals surface area contributed by atoms with Gasteiger partial charge in [-0.05, 0) is 25.7 Å². The Balaban J connectivity index is 1.59. The van der Waals surface area contributed by atoms with E-state index in [1.165, 1.54) is 0 Å². The van der Waals surface area contributed by atoms with Crippen molar-refractivity contribution in [2.24, 2.45) is 0 Å². The Labute approximate surface area is 140 Å². The molecule has 3 saturated heterocycles. The van der Waals surface area contributed by atoms with Gasteiger partial charge in [-0.1, -0.05) is 0 Å². The van der Waals surface area contributed by atoms with Gasteiger partial charge in [-0.3, -0.25) is 9.59 Å². The monoisotopic (exact) mass is 348 g/mol. The molecule has 0 radical (unpaired) electrons. The number of carbonyl (C=O) groups excluding carboxylic acids is 2. The van der Waals surface area contributed by atoms with Crippen LogP contribution in [0.25, 0.3) is 0 Å². The van der Waals surface area contributed by atoms with Gasteiger partial charge in [0, 0.05) is 35.9 Å². The fourth-order valence-corrected chi connectivity index (χ4v) is 3.87. The van der Waals surface area contributed by atoms with E-state index in [1.807, 2.05) is 0 Å². The number of hydrogen-bond acceptors (Lipinski definition) is 4. The average molecular weight is 349 g/mol. The Morgan fingerprint density at radius 2 is 1.14 bits per heavy atom. The molecule has 0 aromatic carbocycles. The first-order chi connectivity index (χ1) is 10.5. The number of rotatable bonds is 2. The zero-order valence-corrected chi connectivity index (χ0v) is 13.8. The molecule has 0 bridgehead atoms. The Morgan fingerprint density at radius 3 is 1.45 bits per heavy atom. The first-order valence-corrected chi connectivity index (χ1v) is 8.77. The summed E-state index contributed by atoms with van der Waals surface area (Å²) >= 11 is 12.1. The quantitative estimate of drug-likeness (QED) is 0.516. The second-order valence-electron chi connectivity index (χ2n) is 6.35. The third-order valence-corrected chi connectivity index (χ3v) is 5.50. The molecule has 6 nitrogen and oxygen atoms in total. The Hall–Kier alpha value is -0.560. The molecule has 0 aliphatic carbocycles. The van der Waals surface area contributed by atoms with Crippen LogP contribution in [0, 0.1) is 0 Å². The molecule has 4 N–H and O–H groups in total. The first kappa shape index (κ1) is 16.3. The number of amides is 2. The van der Waals surface area contributed by atoms with E-state index in [1.54, 1.807) is 0 Å². The summed E-state index contributed by atoms with van der Waals surface area (Å²) < 4.78 is 0. The predicted molar refractivity (Wildman–Crippen MR) is 85.2 cm³/mol. The molecule has 3 aliphatic heterocycles. The summed E-state index contributed by atoms with van der Waals surface area (Å²) in [6.07, 6.45) is 3.27. The summed E-state index contributed by atoms with van der Waals surface area (Å²) in [4.78, 5) is 24.8. The van der Waals surface area contributed by atoms with Crippen LogP contribution in [0.3, 0.4) is 0 Å². The molecule has 6 atom stereocenters. The summed E-state index contributed by atoms with van der Waals surface area (Å²) in [6, 6.07) is -1.13. The number of nitrogens with one attached hydrogen (secondary N) is 4. The summed E-state index contributed by atoms with van der Waals surface area (Å²) in [5, 5.41) is 12.5. The molecule has 3 rings (SSSR count). The van der Waals surface area contributed by atoms with E-state index in [0.29, 0.717) is 13.1 Å². The second kappa shape index (κ2) is 6.91. The van der Waals surface area contributed by atoms with Crippen LogP contribution in [-0.2, 0) is 9.59 Å². The van der Waals surface area contributed by atoms with Crippen molar-refractivity contribution in [3.05, 3.63) is 0 Å². The first-order valence-electron chi connectivity index (χ1n) is 7.90. The number of halogens is 2. The number of piperazine rings is 1. The summed E-state index contributed by atoms with van der Waals surface area (Å²) in [5.41, 5.74) is 0. The zero-order valence-electron chi connectivity index (χ0n) is 12.3. The van der Waals surface area contributed by atoms with E-state index in [4.69, 9.17) is 23.2 Å². The molecule has 0 spiro atoms. The smallest absolute Gasteiger partial charge is 0.244 e. The molecule has 124 valence electrons. The number of piperidine rings is 2. The molecule has 22 heavy (non-hydrogen) atoms. The lowest BCUT2D eigenvalue weighted by atomic mass is 9.91. The summed E-state index contributed by atoms with van der Waals surface area (Å²) in [5.74, 6) is -0.241. The standard InChI is InChI=1S/C14H22Cl2N4O2/c15-7-1-3-9(17-5-7)11-13(21)20-12(14(22)19-11)10-4-2-8(16)6-18-10/h7-12,17-18H,1-6H2,(H,19,22)(H,20,21)/t7?,8?,9?,10?,11-,12-/m0/s1. The van der Waals surface area contributed by atoms with Gasteiger partial charge in [-0.15, -0.1) is 23.2 Å². The van der Waals surface area contributed by atoms with Gasteiger partial charge in [-0.25, -0.2) is 0 Å². The van der Waals surface area contributed by atoms with Crippen molar-refractivity contribution in [1.29, 1.82) is 0 Å². The van der Waals surface area contributed by atoms with Crippen molar-refractivity contribution in [3.63, 3.8) is 0 Å². The van der Waals surface area contributed by atoms with Crippen LogP contribution in [0.5, 0.6) is 0 Å². The highest BCUT2D eigenvalue weighted by Crippen LogP contribution is 2.20. The van der Waals surface area contributed by atoms with E-state index in [0.717, 1.165) is 25.7 Å². The van der Waals surface area contributed by atoms with Crippen LogP contribution in [0.4, 0.5) is 0 Å². The second-order valence-corrected chi connectivity index (χ2v) is 7.59. The van der Waals surface area contributed by atoms with Crippen molar-refractivity contribution in [3.8, 4) is 0 Å². The molecule has 3 heterocycles. The molecule has 3 aliphatic rings. The number of carbonyl (C=O) groups is 2. The van der Waals surface area contributed by atoms with E-state index >= 15 is 0 Å². The number of alkyl halides is 2. The highest BCUT2D eigenvalue weighted by molar-refractivity contribution is 6.21. The van der Waals surface area contributed by atoms with E-state index in [2.05, 4.69) is 21.3 Å². The van der Waals surface area contributed by atoms with Crippen LogP contribution < -0.4 is 21.3 Å². The lowest BCUT2D eigenvalue weighted by Crippen LogP contribution is -2.71. The minimum absolute atomic E-state index is 0.0496. The van der Waals surface area contributed by atoms with E-state index in [-0.39, 0.29) is 34.7 Å². The normalized spacial score (nSPS) is 43.4. The van der Waals surface area contributed by atoms with Gasteiger partial charge in [0.25, 0.3) is 0 Å². The van der Waals surface area contributed by atoms with Crippen LogP contribution >= 0.6 is 23.2 Å².